The molecule has 0 radical (unpaired) electrons. The summed E-state index contributed by atoms with van der Waals surface area (Å²) in [6.45, 7) is 1.84. The van der Waals surface area contributed by atoms with Crippen molar-refractivity contribution in [3.05, 3.63) is 63.9 Å². The molecule has 3 N–H and O–H groups in total. The van der Waals surface area contributed by atoms with Gasteiger partial charge in [0.05, 0.1) is 17.9 Å². The number of nitrogens with two attached hydrogens (primary N) is 1. The first-order chi connectivity index (χ1) is 14.4. The highest BCUT2D eigenvalue weighted by Gasteiger charge is 2.20. The molecule has 0 aliphatic rings. The van der Waals surface area contributed by atoms with E-state index in [1.165, 1.54) is 29.2 Å². The molecule has 4 aromatic rings. The van der Waals surface area contributed by atoms with E-state index in [1.54, 1.807) is 12.1 Å². The number of nitrogens with one attached hydrogen (secondary N) is 1. The molecule has 0 saturated carbocycles. The molecule has 12 heteroatoms. The third-order valence-corrected chi connectivity index (χ3v) is 4.90. The minimum Gasteiger partial charge on any atom is -0.382 e. The Morgan fingerprint density at radius 1 is 1.19 bits per heavy atom. The van der Waals surface area contributed by atoms with Gasteiger partial charge in [-0.2, -0.15) is 23.9 Å². The molecule has 1 aromatic carbocycles. The van der Waals surface area contributed by atoms with Gasteiger partial charge in [0.1, 0.15) is 35.4 Å². The van der Waals surface area contributed by atoms with Crippen LogP contribution in [0.1, 0.15) is 24.1 Å². The summed E-state index contributed by atoms with van der Waals surface area (Å²) in [4.78, 5) is 12.2. The van der Waals surface area contributed by atoms with Crippen LogP contribution < -0.4 is 11.1 Å². The van der Waals surface area contributed by atoms with Crippen LogP contribution in [0.3, 0.4) is 0 Å². The second-order valence-electron chi connectivity index (χ2n) is 6.42. The summed E-state index contributed by atoms with van der Waals surface area (Å²) in [5.41, 5.74) is 7.94. The number of imidazole rings is 1. The van der Waals surface area contributed by atoms with Crippen molar-refractivity contribution in [1.82, 2.24) is 24.6 Å². The van der Waals surface area contributed by atoms with Gasteiger partial charge in [-0.05, 0) is 31.2 Å². The number of halogens is 3. The lowest BCUT2D eigenvalue weighted by Gasteiger charge is -2.19. The Morgan fingerprint density at radius 2 is 1.97 bits per heavy atom. The van der Waals surface area contributed by atoms with E-state index in [-0.39, 0.29) is 35.7 Å². The van der Waals surface area contributed by atoms with E-state index in [0.717, 1.165) is 0 Å². The summed E-state index contributed by atoms with van der Waals surface area (Å²) in [7, 11) is 0. The monoisotopic (exact) mass is 476 g/mol. The molecule has 0 spiro atoms. The fourth-order valence-electron chi connectivity index (χ4n) is 3.05. The molecule has 0 unspecified atom stereocenters. The maximum atomic E-state index is 14.0. The lowest BCUT2D eigenvalue weighted by atomic mass is 10.0. The second kappa shape index (κ2) is 8.93. The van der Waals surface area contributed by atoms with E-state index in [0.29, 0.717) is 27.6 Å². The summed E-state index contributed by atoms with van der Waals surface area (Å²) in [5, 5.41) is 17.6. The van der Waals surface area contributed by atoms with Gasteiger partial charge in [0.2, 0.25) is 0 Å². The van der Waals surface area contributed by atoms with Crippen LogP contribution >= 0.6 is 36.7 Å². The van der Waals surface area contributed by atoms with Crippen LogP contribution in [-0.2, 0) is 0 Å². The molecule has 0 aliphatic heterocycles. The number of anilines is 2. The fourth-order valence-corrected chi connectivity index (χ4v) is 3.44. The van der Waals surface area contributed by atoms with Crippen molar-refractivity contribution in [3.63, 3.8) is 0 Å². The van der Waals surface area contributed by atoms with Gasteiger partial charge in [-0.3, -0.25) is 0 Å². The van der Waals surface area contributed by atoms with E-state index in [1.807, 2.05) is 13.0 Å². The van der Waals surface area contributed by atoms with Crippen LogP contribution in [-0.4, -0.2) is 24.6 Å². The Morgan fingerprint density at radius 3 is 2.68 bits per heavy atom. The quantitative estimate of drug-likeness (QED) is 0.448. The molecule has 0 saturated heterocycles. The molecule has 0 fully saturated rings. The van der Waals surface area contributed by atoms with Crippen molar-refractivity contribution in [3.8, 4) is 17.3 Å². The summed E-state index contributed by atoms with van der Waals surface area (Å²) >= 11 is 12.2. The average Bonchev–Trinajstić information content (AvgIpc) is 3.06. The average molecular weight is 477 g/mol. The maximum absolute atomic E-state index is 14.0. The highest BCUT2D eigenvalue weighted by Crippen LogP contribution is 2.32. The first kappa shape index (κ1) is 22.6. The zero-order valence-corrected chi connectivity index (χ0v) is 18.4. The highest BCUT2D eigenvalue weighted by atomic mass is 35.5. The topological polar surface area (TPSA) is 118 Å². The normalized spacial score (nSPS) is 11.6. The molecule has 0 aliphatic carbocycles. The number of nitrogen functional groups attached to an aromatic ring is 1. The van der Waals surface area contributed by atoms with Crippen LogP contribution in [0.4, 0.5) is 16.0 Å². The minimum absolute atomic E-state index is 0. The van der Waals surface area contributed by atoms with Crippen LogP contribution in [0.15, 0.2) is 36.8 Å². The summed E-state index contributed by atoms with van der Waals surface area (Å²) in [6.07, 6.45) is 2.72. The zero-order valence-electron chi connectivity index (χ0n) is 15.9. The number of hydrogen-bond acceptors (Lipinski definition) is 7. The van der Waals surface area contributed by atoms with Gasteiger partial charge in [-0.1, -0.05) is 23.2 Å². The summed E-state index contributed by atoms with van der Waals surface area (Å²) in [6, 6.07) is 7.46. The van der Waals surface area contributed by atoms with Gasteiger partial charge in [0.15, 0.2) is 10.8 Å². The van der Waals surface area contributed by atoms with Crippen LogP contribution in [0, 0.1) is 17.1 Å². The van der Waals surface area contributed by atoms with Crippen molar-refractivity contribution < 1.29 is 4.39 Å². The molecule has 8 nitrogen and oxygen atoms in total. The standard InChI is InChI=1S/C19H13Cl2FN8.H2S/c1-9(28-19-14(6-23)18(24)26-8-27-19)13-5-16-25-7-15(21)30(16)29-17(13)10-2-11(20)4-12(22)3-10;/h2-5,7-9H,1H3,(H3,24,26,27,28);1H2/t9-;/m0./s1. The third kappa shape index (κ3) is 4.34. The first-order valence-electron chi connectivity index (χ1n) is 8.65. The number of rotatable bonds is 4. The highest BCUT2D eigenvalue weighted by molar-refractivity contribution is 7.59. The SMILES string of the molecule is C[C@H](Nc1ncnc(N)c1C#N)c1cc2ncc(Cl)n2nc1-c1cc(F)cc(Cl)c1.S. The van der Waals surface area contributed by atoms with Crippen molar-refractivity contribution in [2.24, 2.45) is 0 Å². The van der Waals surface area contributed by atoms with E-state index in [4.69, 9.17) is 28.9 Å². The lowest BCUT2D eigenvalue weighted by Crippen LogP contribution is -2.14. The van der Waals surface area contributed by atoms with Crippen molar-refractivity contribution in [2.75, 3.05) is 11.1 Å². The Bertz CT molecular complexity index is 1300. The van der Waals surface area contributed by atoms with Crippen molar-refractivity contribution in [2.45, 2.75) is 13.0 Å². The van der Waals surface area contributed by atoms with Crippen LogP contribution in [0.25, 0.3) is 16.9 Å². The molecule has 4 rings (SSSR count). The Balaban J connectivity index is 0.00000272. The molecule has 1 atom stereocenters. The predicted octanol–water partition coefficient (Wildman–Crippen LogP) is 4.37. The zero-order chi connectivity index (χ0) is 21.4. The van der Waals surface area contributed by atoms with Gasteiger partial charge in [-0.25, -0.2) is 23.9 Å². The molecule has 3 aromatic heterocycles. The van der Waals surface area contributed by atoms with Crippen molar-refractivity contribution >= 4 is 54.0 Å². The number of nitrogens with zero attached hydrogens (tertiary/aromatic N) is 6. The Labute approximate surface area is 193 Å². The van der Waals surface area contributed by atoms with Crippen LogP contribution in [0.5, 0.6) is 0 Å². The number of benzene rings is 1. The minimum atomic E-state index is -0.502. The third-order valence-electron chi connectivity index (χ3n) is 4.42. The molecule has 3 heterocycles. The summed E-state index contributed by atoms with van der Waals surface area (Å²) < 4.78 is 15.5. The van der Waals surface area contributed by atoms with Crippen LogP contribution in [0.2, 0.25) is 10.2 Å². The van der Waals surface area contributed by atoms with Gasteiger partial charge < -0.3 is 11.1 Å². The van der Waals surface area contributed by atoms with E-state index >= 15 is 0 Å². The van der Waals surface area contributed by atoms with Crippen molar-refractivity contribution in [1.29, 1.82) is 5.26 Å². The predicted molar refractivity (Wildman–Crippen MR) is 122 cm³/mol. The molecule has 0 amide bonds. The maximum Gasteiger partial charge on any atom is 0.155 e. The number of nitriles is 1. The first-order valence-corrected chi connectivity index (χ1v) is 9.40. The largest absolute Gasteiger partial charge is 0.382 e. The molecule has 0 bridgehead atoms. The van der Waals surface area contributed by atoms with E-state index in [9.17, 15) is 9.65 Å². The van der Waals surface area contributed by atoms with Gasteiger partial charge in [0, 0.05) is 16.1 Å². The number of aromatic nitrogens is 5. The van der Waals surface area contributed by atoms with Gasteiger partial charge in [-0.15, -0.1) is 0 Å². The van der Waals surface area contributed by atoms with Gasteiger partial charge in [0.25, 0.3) is 0 Å². The van der Waals surface area contributed by atoms with E-state index in [2.05, 4.69) is 25.4 Å². The fraction of sp³-hybridized carbons (Fsp3) is 0.105. The molecular formula is C19H15Cl2FN8S. The molecule has 158 valence electrons. The second-order valence-corrected chi connectivity index (χ2v) is 7.24. The van der Waals surface area contributed by atoms with E-state index < -0.39 is 11.9 Å². The Kier molecular flexibility index (Phi) is 6.50. The smallest absolute Gasteiger partial charge is 0.155 e. The lowest BCUT2D eigenvalue weighted by molar-refractivity contribution is 0.628. The molecule has 31 heavy (non-hydrogen) atoms. The Hall–Kier alpha value is -3.13. The number of hydrogen-bond donors (Lipinski definition) is 2. The molecular weight excluding hydrogens is 462 g/mol. The summed E-state index contributed by atoms with van der Waals surface area (Å²) in [5.74, 6) is -0.173. The van der Waals surface area contributed by atoms with Gasteiger partial charge >= 0.3 is 0 Å². The number of fused-ring (bicyclic) bond motifs is 1.